The van der Waals surface area contributed by atoms with E-state index in [-0.39, 0.29) is 0 Å². The van der Waals surface area contributed by atoms with Crippen LogP contribution in [0.15, 0.2) is 41.4 Å². The smallest absolute Gasteiger partial charge is 0.141 e. The Kier molecular flexibility index (Phi) is 4.03. The van der Waals surface area contributed by atoms with Gasteiger partial charge < -0.3 is 9.84 Å². The van der Waals surface area contributed by atoms with Crippen LogP contribution in [0.25, 0.3) is 10.5 Å². The first-order valence-electron chi connectivity index (χ1n) is 8.54. The highest BCUT2D eigenvalue weighted by Crippen LogP contribution is 2.47. The molecule has 0 aliphatic heterocycles. The number of halogens is 1. The predicted octanol–water partition coefficient (Wildman–Crippen LogP) is 3.71. The first-order chi connectivity index (χ1) is 13.2. The van der Waals surface area contributed by atoms with Crippen molar-refractivity contribution in [3.05, 3.63) is 57.7 Å². The quantitative estimate of drug-likeness (QED) is 0.506. The van der Waals surface area contributed by atoms with E-state index >= 15 is 0 Å². The third-order valence-electron chi connectivity index (χ3n) is 4.73. The predicted molar refractivity (Wildman–Crippen MR) is 105 cm³/mol. The maximum atomic E-state index is 11.1. The van der Waals surface area contributed by atoms with Crippen LogP contribution >= 0.6 is 27.3 Å². The molecule has 5 rings (SSSR count). The highest BCUT2D eigenvalue weighted by Gasteiger charge is 2.33. The van der Waals surface area contributed by atoms with E-state index in [0.717, 1.165) is 26.4 Å². The first-order valence-corrected chi connectivity index (χ1v) is 10.2. The second-order valence-corrected chi connectivity index (χ2v) is 8.45. The molecule has 1 saturated carbocycles. The summed E-state index contributed by atoms with van der Waals surface area (Å²) in [5.74, 6) is 1.28. The van der Waals surface area contributed by atoms with Gasteiger partial charge in [-0.25, -0.2) is 9.67 Å². The molecule has 0 bridgehead atoms. The van der Waals surface area contributed by atoms with Gasteiger partial charge in [0.1, 0.15) is 28.7 Å². The van der Waals surface area contributed by atoms with E-state index in [1.165, 1.54) is 17.7 Å². The Bertz CT molecular complexity index is 1130. The molecule has 1 fully saturated rings. The van der Waals surface area contributed by atoms with Crippen LogP contribution in [-0.2, 0) is 0 Å². The van der Waals surface area contributed by atoms with Gasteiger partial charge in [0, 0.05) is 4.88 Å². The number of nitrogens with zero attached hydrogens (tertiary/aromatic N) is 5. The maximum absolute atomic E-state index is 11.1. The SMILES string of the molecule is COc1ccc(-n2cc(C(O)c3c(C4CC4)sc4cncn34)nn2)cc1Br. The molecule has 1 aliphatic rings. The summed E-state index contributed by atoms with van der Waals surface area (Å²) in [6.07, 6.45) is 6.83. The van der Waals surface area contributed by atoms with Crippen molar-refractivity contribution in [3.63, 3.8) is 0 Å². The molecular weight excluding hydrogens is 430 g/mol. The number of aromatic nitrogens is 5. The van der Waals surface area contributed by atoms with Crippen molar-refractivity contribution in [2.45, 2.75) is 24.9 Å². The highest BCUT2D eigenvalue weighted by molar-refractivity contribution is 9.10. The summed E-state index contributed by atoms with van der Waals surface area (Å²) in [6.45, 7) is 0. The van der Waals surface area contributed by atoms with Crippen LogP contribution in [0.4, 0.5) is 0 Å². The van der Waals surface area contributed by atoms with Gasteiger partial charge in [-0.15, -0.1) is 16.4 Å². The van der Waals surface area contributed by atoms with Crippen LogP contribution in [0.2, 0.25) is 0 Å². The molecule has 27 heavy (non-hydrogen) atoms. The molecule has 4 aromatic rings. The van der Waals surface area contributed by atoms with Crippen molar-refractivity contribution >= 4 is 32.1 Å². The summed E-state index contributed by atoms with van der Waals surface area (Å²) >= 11 is 5.18. The number of rotatable bonds is 5. The number of methoxy groups -OCH3 is 1. The number of ether oxygens (including phenoxy) is 1. The molecule has 3 aromatic heterocycles. The lowest BCUT2D eigenvalue weighted by Crippen LogP contribution is -2.06. The maximum Gasteiger partial charge on any atom is 0.141 e. The fourth-order valence-corrected chi connectivity index (χ4v) is 5.02. The van der Waals surface area contributed by atoms with Gasteiger partial charge >= 0.3 is 0 Å². The van der Waals surface area contributed by atoms with Gasteiger partial charge in [0.2, 0.25) is 0 Å². The van der Waals surface area contributed by atoms with Gasteiger partial charge in [0.05, 0.1) is 35.4 Å². The zero-order valence-electron chi connectivity index (χ0n) is 14.4. The largest absolute Gasteiger partial charge is 0.496 e. The normalized spacial score (nSPS) is 15.4. The fraction of sp³-hybridized carbons (Fsp3) is 0.278. The van der Waals surface area contributed by atoms with E-state index in [0.29, 0.717) is 11.6 Å². The summed E-state index contributed by atoms with van der Waals surface area (Å²) < 4.78 is 9.71. The van der Waals surface area contributed by atoms with Crippen molar-refractivity contribution in [2.75, 3.05) is 7.11 Å². The lowest BCUT2D eigenvalue weighted by molar-refractivity contribution is 0.208. The van der Waals surface area contributed by atoms with Crippen LogP contribution in [0.5, 0.6) is 5.75 Å². The topological polar surface area (TPSA) is 77.5 Å². The number of hydrogen-bond donors (Lipinski definition) is 1. The van der Waals surface area contributed by atoms with Crippen LogP contribution in [-0.4, -0.2) is 36.6 Å². The Labute approximate surface area is 167 Å². The molecule has 0 amide bonds. The highest BCUT2D eigenvalue weighted by atomic mass is 79.9. The van der Waals surface area contributed by atoms with Crippen LogP contribution in [0.1, 0.15) is 41.1 Å². The Morgan fingerprint density at radius 3 is 2.96 bits per heavy atom. The minimum absolute atomic E-state index is 0.511. The average Bonchev–Trinajstić information content (AvgIpc) is 3.08. The molecule has 0 saturated heterocycles. The van der Waals surface area contributed by atoms with Crippen LogP contribution < -0.4 is 4.74 Å². The fourth-order valence-electron chi connectivity index (χ4n) is 3.19. The minimum atomic E-state index is -0.848. The van der Waals surface area contributed by atoms with Gasteiger partial charge in [-0.1, -0.05) is 5.21 Å². The molecule has 9 heteroatoms. The second-order valence-electron chi connectivity index (χ2n) is 6.54. The lowest BCUT2D eigenvalue weighted by atomic mass is 10.1. The minimum Gasteiger partial charge on any atom is -0.496 e. The second kappa shape index (κ2) is 6.43. The van der Waals surface area contributed by atoms with E-state index in [2.05, 4.69) is 31.2 Å². The van der Waals surface area contributed by atoms with Gasteiger partial charge in [-0.3, -0.25) is 4.40 Å². The molecule has 1 aromatic carbocycles. The van der Waals surface area contributed by atoms with Gasteiger partial charge in [0.15, 0.2) is 0 Å². The Morgan fingerprint density at radius 2 is 2.22 bits per heavy atom. The number of fused-ring (bicyclic) bond motifs is 1. The summed E-state index contributed by atoms with van der Waals surface area (Å²) in [5.41, 5.74) is 2.20. The first kappa shape index (κ1) is 16.9. The molecule has 1 N–H and O–H groups in total. The summed E-state index contributed by atoms with van der Waals surface area (Å²) in [4.78, 5) is 6.46. The van der Waals surface area contributed by atoms with E-state index < -0.39 is 6.10 Å². The van der Waals surface area contributed by atoms with Gasteiger partial charge in [0.25, 0.3) is 0 Å². The van der Waals surface area contributed by atoms with Crippen molar-refractivity contribution in [2.24, 2.45) is 0 Å². The third-order valence-corrected chi connectivity index (χ3v) is 6.62. The molecule has 0 radical (unpaired) electrons. The van der Waals surface area contributed by atoms with Crippen molar-refractivity contribution in [1.29, 1.82) is 0 Å². The zero-order chi connectivity index (χ0) is 18.5. The molecule has 1 atom stereocenters. The van der Waals surface area contributed by atoms with Crippen molar-refractivity contribution in [3.8, 4) is 11.4 Å². The standard InChI is InChI=1S/C18H16BrN5O2S/c1-26-14-5-4-11(6-12(14)19)24-8-13(21-22-24)17(25)16-18(10-2-3-10)27-15-7-20-9-23(15)16/h4-10,17,25H,2-3H2,1H3. The molecule has 0 spiro atoms. The van der Waals surface area contributed by atoms with E-state index in [4.69, 9.17) is 4.74 Å². The number of aliphatic hydroxyl groups excluding tert-OH is 1. The Morgan fingerprint density at radius 1 is 1.37 bits per heavy atom. The van der Waals surface area contributed by atoms with E-state index in [1.807, 2.05) is 28.8 Å². The molecule has 3 heterocycles. The molecule has 138 valence electrons. The summed E-state index contributed by atoms with van der Waals surface area (Å²) in [7, 11) is 1.62. The van der Waals surface area contributed by atoms with Gasteiger partial charge in [-0.2, -0.15) is 0 Å². The zero-order valence-corrected chi connectivity index (χ0v) is 16.8. The molecule has 7 nitrogen and oxygen atoms in total. The van der Waals surface area contributed by atoms with Crippen molar-refractivity contribution in [1.82, 2.24) is 24.4 Å². The van der Waals surface area contributed by atoms with Crippen LogP contribution in [0.3, 0.4) is 0 Å². The molecule has 1 unspecified atom stereocenters. The number of imidazole rings is 1. The van der Waals surface area contributed by atoms with Crippen LogP contribution in [0, 0.1) is 0 Å². The average molecular weight is 446 g/mol. The molecular formula is C18H16BrN5O2S. The molecule has 1 aliphatic carbocycles. The monoisotopic (exact) mass is 445 g/mol. The van der Waals surface area contributed by atoms with E-state index in [9.17, 15) is 5.11 Å². The summed E-state index contributed by atoms with van der Waals surface area (Å²) in [5, 5.41) is 19.5. The third kappa shape index (κ3) is 2.86. The Hall–Kier alpha value is -2.23. The summed E-state index contributed by atoms with van der Waals surface area (Å²) in [6, 6.07) is 5.65. The number of aliphatic hydroxyl groups is 1. The van der Waals surface area contributed by atoms with Crippen molar-refractivity contribution < 1.29 is 9.84 Å². The van der Waals surface area contributed by atoms with E-state index in [1.54, 1.807) is 35.7 Å². The number of benzene rings is 1. The number of hydrogen-bond acceptors (Lipinski definition) is 6. The Balaban J connectivity index is 1.52. The van der Waals surface area contributed by atoms with Gasteiger partial charge in [-0.05, 0) is 52.9 Å². The lowest BCUT2D eigenvalue weighted by Gasteiger charge is -2.09. The number of thiazole rings is 1.